The molecule has 2 aromatic rings. The first-order valence-electron chi connectivity index (χ1n) is 6.25. The highest BCUT2D eigenvalue weighted by Gasteiger charge is 2.25. The van der Waals surface area contributed by atoms with E-state index < -0.39 is 30.2 Å². The number of carboxylic acids is 1. The number of aliphatic carboxylic acids is 1. The SMILES string of the molecule is Cc1nc2cc(Cl)ccn2c1C(=O)NC(CC(N)=O)C(=O)O. The average Bonchev–Trinajstić information content (AvgIpc) is 2.72. The summed E-state index contributed by atoms with van der Waals surface area (Å²) in [4.78, 5) is 38.4. The van der Waals surface area contributed by atoms with Crippen molar-refractivity contribution in [2.45, 2.75) is 19.4 Å². The van der Waals surface area contributed by atoms with Gasteiger partial charge in [-0.3, -0.25) is 14.0 Å². The number of primary amides is 1. The first kappa shape index (κ1) is 15.8. The molecule has 0 fully saturated rings. The van der Waals surface area contributed by atoms with E-state index in [4.69, 9.17) is 22.4 Å². The first-order valence-corrected chi connectivity index (χ1v) is 6.63. The van der Waals surface area contributed by atoms with Crippen LogP contribution in [0.4, 0.5) is 0 Å². The Balaban J connectivity index is 2.35. The van der Waals surface area contributed by atoms with Crippen molar-refractivity contribution in [1.82, 2.24) is 14.7 Å². The summed E-state index contributed by atoms with van der Waals surface area (Å²) in [6, 6.07) is 1.75. The van der Waals surface area contributed by atoms with Crippen LogP contribution in [0.25, 0.3) is 5.65 Å². The van der Waals surface area contributed by atoms with Crippen molar-refractivity contribution in [3.8, 4) is 0 Å². The molecular formula is C13H13ClN4O4. The van der Waals surface area contributed by atoms with Gasteiger partial charge in [-0.05, 0) is 13.0 Å². The summed E-state index contributed by atoms with van der Waals surface area (Å²) in [5, 5.41) is 11.7. The molecule has 0 aliphatic heterocycles. The molecule has 22 heavy (non-hydrogen) atoms. The lowest BCUT2D eigenvalue weighted by molar-refractivity contribution is -0.140. The van der Waals surface area contributed by atoms with E-state index in [0.29, 0.717) is 16.4 Å². The van der Waals surface area contributed by atoms with Gasteiger partial charge in [0.15, 0.2) is 0 Å². The predicted octanol–water partition coefficient (Wildman–Crippen LogP) is 0.355. The number of imidazole rings is 1. The second-order valence-electron chi connectivity index (χ2n) is 4.65. The van der Waals surface area contributed by atoms with Crippen LogP contribution in [0.2, 0.25) is 5.02 Å². The molecule has 9 heteroatoms. The molecule has 1 unspecified atom stereocenters. The summed E-state index contributed by atoms with van der Waals surface area (Å²) < 4.78 is 1.49. The first-order chi connectivity index (χ1) is 10.3. The van der Waals surface area contributed by atoms with Crippen LogP contribution in [-0.2, 0) is 9.59 Å². The molecule has 2 aromatic heterocycles. The number of carbonyl (C=O) groups excluding carboxylic acids is 2. The van der Waals surface area contributed by atoms with Gasteiger partial charge >= 0.3 is 5.97 Å². The van der Waals surface area contributed by atoms with Crippen molar-refractivity contribution in [2.75, 3.05) is 0 Å². The number of hydrogen-bond acceptors (Lipinski definition) is 4. The van der Waals surface area contributed by atoms with Crippen molar-refractivity contribution >= 4 is 35.0 Å². The zero-order valence-electron chi connectivity index (χ0n) is 11.5. The van der Waals surface area contributed by atoms with Crippen LogP contribution in [0, 0.1) is 6.92 Å². The number of nitrogens with one attached hydrogen (secondary N) is 1. The van der Waals surface area contributed by atoms with Gasteiger partial charge in [0.1, 0.15) is 17.4 Å². The van der Waals surface area contributed by atoms with Crippen LogP contribution >= 0.6 is 11.6 Å². The number of carbonyl (C=O) groups is 3. The summed E-state index contributed by atoms with van der Waals surface area (Å²) in [6.07, 6.45) is 1.05. The molecule has 0 saturated carbocycles. The highest BCUT2D eigenvalue weighted by atomic mass is 35.5. The Bertz CT molecular complexity index is 771. The van der Waals surface area contributed by atoms with Crippen molar-refractivity contribution in [2.24, 2.45) is 5.73 Å². The molecule has 1 atom stereocenters. The Morgan fingerprint density at radius 2 is 2.18 bits per heavy atom. The van der Waals surface area contributed by atoms with Crippen molar-refractivity contribution in [3.63, 3.8) is 0 Å². The Morgan fingerprint density at radius 3 is 2.77 bits per heavy atom. The van der Waals surface area contributed by atoms with E-state index in [9.17, 15) is 14.4 Å². The van der Waals surface area contributed by atoms with Gasteiger partial charge in [0, 0.05) is 17.3 Å². The van der Waals surface area contributed by atoms with Crippen LogP contribution in [0.1, 0.15) is 22.6 Å². The molecule has 0 aromatic carbocycles. The van der Waals surface area contributed by atoms with Crippen LogP contribution < -0.4 is 11.1 Å². The van der Waals surface area contributed by atoms with Gasteiger partial charge in [-0.25, -0.2) is 9.78 Å². The lowest BCUT2D eigenvalue weighted by Crippen LogP contribution is -2.43. The number of halogens is 1. The highest BCUT2D eigenvalue weighted by Crippen LogP contribution is 2.16. The molecule has 116 valence electrons. The van der Waals surface area contributed by atoms with Gasteiger partial charge in [0.2, 0.25) is 5.91 Å². The van der Waals surface area contributed by atoms with Gasteiger partial charge < -0.3 is 16.2 Å². The number of amides is 2. The van der Waals surface area contributed by atoms with Gasteiger partial charge in [-0.2, -0.15) is 0 Å². The third-order valence-corrected chi connectivity index (χ3v) is 3.22. The largest absolute Gasteiger partial charge is 0.480 e. The van der Waals surface area contributed by atoms with Crippen LogP contribution in [-0.4, -0.2) is 38.3 Å². The number of nitrogens with zero attached hydrogens (tertiary/aromatic N) is 2. The Labute approximate surface area is 129 Å². The second kappa shape index (κ2) is 6.02. The fourth-order valence-electron chi connectivity index (χ4n) is 2.04. The minimum Gasteiger partial charge on any atom is -0.480 e. The topological polar surface area (TPSA) is 127 Å². The molecule has 0 radical (unpaired) electrons. The fourth-order valence-corrected chi connectivity index (χ4v) is 2.19. The standard InChI is InChI=1S/C13H13ClN4O4/c1-6-11(18-3-2-7(14)4-10(18)16-6)12(20)17-8(13(21)22)5-9(15)19/h2-4,8H,5H2,1H3,(H2,15,19)(H,17,20)(H,21,22). The predicted molar refractivity (Wildman–Crippen MR) is 77.6 cm³/mol. The van der Waals surface area contributed by atoms with Crippen LogP contribution in [0.15, 0.2) is 18.3 Å². The van der Waals surface area contributed by atoms with Crippen molar-refractivity contribution in [3.05, 3.63) is 34.7 Å². The molecule has 0 spiro atoms. The minimum absolute atomic E-state index is 0.169. The van der Waals surface area contributed by atoms with Gasteiger partial charge in [0.25, 0.3) is 5.91 Å². The van der Waals surface area contributed by atoms with E-state index >= 15 is 0 Å². The van der Waals surface area contributed by atoms with E-state index in [1.807, 2.05) is 0 Å². The van der Waals surface area contributed by atoms with Crippen molar-refractivity contribution in [1.29, 1.82) is 0 Å². The third kappa shape index (κ3) is 3.17. The molecule has 0 aliphatic rings. The molecule has 0 saturated heterocycles. The lowest BCUT2D eigenvalue weighted by atomic mass is 10.2. The third-order valence-electron chi connectivity index (χ3n) is 2.99. The quantitative estimate of drug-likeness (QED) is 0.731. The summed E-state index contributed by atoms with van der Waals surface area (Å²) in [5.74, 6) is -2.84. The molecule has 0 aliphatic carbocycles. The molecule has 8 nitrogen and oxygen atoms in total. The Kier molecular flexibility index (Phi) is 4.32. The normalized spacial score (nSPS) is 12.1. The van der Waals surface area contributed by atoms with Gasteiger partial charge in [-0.15, -0.1) is 0 Å². The van der Waals surface area contributed by atoms with E-state index in [2.05, 4.69) is 10.3 Å². The number of aromatic nitrogens is 2. The monoisotopic (exact) mass is 324 g/mol. The Morgan fingerprint density at radius 1 is 1.50 bits per heavy atom. The number of nitrogens with two attached hydrogens (primary N) is 1. The Hall–Kier alpha value is -2.61. The highest BCUT2D eigenvalue weighted by molar-refractivity contribution is 6.30. The summed E-state index contributed by atoms with van der Waals surface area (Å²) in [5.41, 5.74) is 6.01. The average molecular weight is 325 g/mol. The maximum Gasteiger partial charge on any atom is 0.326 e. The second-order valence-corrected chi connectivity index (χ2v) is 5.09. The minimum atomic E-state index is -1.40. The van der Waals surface area contributed by atoms with E-state index in [1.165, 1.54) is 4.40 Å². The number of hydrogen-bond donors (Lipinski definition) is 3. The molecule has 2 heterocycles. The zero-order valence-corrected chi connectivity index (χ0v) is 12.3. The maximum absolute atomic E-state index is 12.3. The van der Waals surface area contributed by atoms with Gasteiger partial charge in [-0.1, -0.05) is 11.6 Å². The summed E-state index contributed by atoms with van der Waals surface area (Å²) in [7, 11) is 0. The molecule has 2 amide bonds. The summed E-state index contributed by atoms with van der Waals surface area (Å²) in [6.45, 7) is 1.61. The molecule has 4 N–H and O–H groups in total. The fraction of sp³-hybridized carbons (Fsp3) is 0.231. The number of rotatable bonds is 5. The lowest BCUT2D eigenvalue weighted by Gasteiger charge is -2.13. The van der Waals surface area contributed by atoms with Crippen LogP contribution in [0.5, 0.6) is 0 Å². The molecule has 2 rings (SSSR count). The van der Waals surface area contributed by atoms with E-state index in [0.717, 1.165) is 0 Å². The number of aryl methyl sites for hydroxylation is 1. The van der Waals surface area contributed by atoms with Crippen LogP contribution in [0.3, 0.4) is 0 Å². The van der Waals surface area contributed by atoms with E-state index in [-0.39, 0.29) is 5.69 Å². The molecule has 0 bridgehead atoms. The number of carboxylic acid groups (broad SMARTS) is 1. The molecular weight excluding hydrogens is 312 g/mol. The summed E-state index contributed by atoms with van der Waals surface area (Å²) >= 11 is 5.86. The van der Waals surface area contributed by atoms with Crippen molar-refractivity contribution < 1.29 is 19.5 Å². The maximum atomic E-state index is 12.3. The van der Waals surface area contributed by atoms with E-state index in [1.54, 1.807) is 25.3 Å². The zero-order chi connectivity index (χ0) is 16.4. The number of pyridine rings is 1. The smallest absolute Gasteiger partial charge is 0.326 e. The van der Waals surface area contributed by atoms with Gasteiger partial charge in [0.05, 0.1) is 12.1 Å². The number of fused-ring (bicyclic) bond motifs is 1.